The van der Waals surface area contributed by atoms with Gasteiger partial charge in [0.2, 0.25) is 5.30 Å². The third-order valence-electron chi connectivity index (χ3n) is 2.76. The van der Waals surface area contributed by atoms with E-state index in [0.29, 0.717) is 0 Å². The van der Waals surface area contributed by atoms with Crippen molar-refractivity contribution < 1.29 is 33.0 Å². The Bertz CT molecular complexity index is 673. The van der Waals surface area contributed by atoms with Crippen molar-refractivity contribution >= 4 is 30.2 Å². The molecule has 0 radical (unpaired) electrons. The Morgan fingerprint density at radius 2 is 1.50 bits per heavy atom. The van der Waals surface area contributed by atoms with Gasteiger partial charge in [-0.25, -0.2) is 4.79 Å². The van der Waals surface area contributed by atoms with E-state index in [1.807, 2.05) is 0 Å². The quantitative estimate of drug-likeness (QED) is 0.293. The molecule has 0 aliphatic heterocycles. The maximum absolute atomic E-state index is 12.8. The third kappa shape index (κ3) is 3.94. The standard InChI is InChI=1S/C12H15N2O9P/c1-4-22-24(20,23-5-2)11-9(13(16)17)6-8(12(15)21-3)7-10(11)14(18)19/h6-7H,4-5H2,1-3H3. The highest BCUT2D eigenvalue weighted by atomic mass is 31.2. The number of nitro groups is 2. The number of nitrogens with zero attached hydrogens (tertiary/aromatic N) is 2. The predicted octanol–water partition coefficient (Wildman–Crippen LogP) is 2.18. The molecule has 0 bridgehead atoms. The second kappa shape index (κ2) is 7.95. The Morgan fingerprint density at radius 3 is 1.79 bits per heavy atom. The van der Waals surface area contributed by atoms with Crippen molar-refractivity contribution in [2.75, 3.05) is 20.3 Å². The number of esters is 1. The SMILES string of the molecule is CCOP(=O)(OCC)c1c([N+](=O)[O-])cc(C(=O)OC)cc1[N+](=O)[O-]. The summed E-state index contributed by atoms with van der Waals surface area (Å²) in [6, 6.07) is 1.47. The van der Waals surface area contributed by atoms with E-state index in [-0.39, 0.29) is 13.2 Å². The van der Waals surface area contributed by atoms with Gasteiger partial charge < -0.3 is 13.8 Å². The summed E-state index contributed by atoms with van der Waals surface area (Å²) >= 11 is 0. The molecule has 1 aromatic carbocycles. The van der Waals surface area contributed by atoms with Crippen LogP contribution in [0.3, 0.4) is 0 Å². The van der Waals surface area contributed by atoms with Gasteiger partial charge in [0.05, 0.1) is 35.7 Å². The number of hydrogen-bond donors (Lipinski definition) is 0. The van der Waals surface area contributed by atoms with Crippen LogP contribution in [-0.4, -0.2) is 36.1 Å². The van der Waals surface area contributed by atoms with Crippen LogP contribution in [0, 0.1) is 20.2 Å². The zero-order valence-electron chi connectivity index (χ0n) is 13.1. The fourth-order valence-corrected chi connectivity index (χ4v) is 3.77. The summed E-state index contributed by atoms with van der Waals surface area (Å²) in [6.07, 6.45) is 0. The van der Waals surface area contributed by atoms with Crippen molar-refractivity contribution in [1.29, 1.82) is 0 Å². The largest absolute Gasteiger partial charge is 0.465 e. The lowest BCUT2D eigenvalue weighted by Gasteiger charge is -2.17. The summed E-state index contributed by atoms with van der Waals surface area (Å²) < 4.78 is 27.2. The van der Waals surface area contributed by atoms with Crippen LogP contribution in [0.4, 0.5) is 11.4 Å². The van der Waals surface area contributed by atoms with Gasteiger partial charge >= 0.3 is 13.6 Å². The van der Waals surface area contributed by atoms with Gasteiger partial charge in [0.15, 0.2) is 0 Å². The van der Waals surface area contributed by atoms with Crippen LogP contribution < -0.4 is 5.30 Å². The van der Waals surface area contributed by atoms with Crippen LogP contribution in [0.25, 0.3) is 0 Å². The molecule has 132 valence electrons. The van der Waals surface area contributed by atoms with Gasteiger partial charge in [0, 0.05) is 12.1 Å². The van der Waals surface area contributed by atoms with E-state index in [0.717, 1.165) is 19.2 Å². The summed E-state index contributed by atoms with van der Waals surface area (Å²) in [5.41, 5.74) is -2.27. The van der Waals surface area contributed by atoms with Crippen LogP contribution in [0.1, 0.15) is 24.2 Å². The van der Waals surface area contributed by atoms with Gasteiger partial charge in [-0.05, 0) is 13.8 Å². The summed E-state index contributed by atoms with van der Waals surface area (Å²) in [7, 11) is -3.34. The second-order valence-electron chi connectivity index (χ2n) is 4.20. The molecule has 12 heteroatoms. The number of methoxy groups -OCH3 is 1. The second-order valence-corrected chi connectivity index (χ2v) is 6.16. The molecular weight excluding hydrogens is 347 g/mol. The van der Waals surface area contributed by atoms with Gasteiger partial charge in [-0.15, -0.1) is 0 Å². The summed E-state index contributed by atoms with van der Waals surface area (Å²) in [5, 5.41) is 21.8. The number of ether oxygens (including phenoxy) is 1. The topological polar surface area (TPSA) is 148 Å². The maximum Gasteiger partial charge on any atom is 0.375 e. The number of benzene rings is 1. The predicted molar refractivity (Wildman–Crippen MR) is 81.6 cm³/mol. The third-order valence-corrected chi connectivity index (χ3v) is 4.96. The van der Waals surface area contributed by atoms with Crippen LogP contribution in [0.2, 0.25) is 0 Å². The molecule has 0 aliphatic rings. The number of carbonyl (C=O) groups excluding carboxylic acids is 1. The first-order chi connectivity index (χ1) is 11.2. The van der Waals surface area contributed by atoms with Crippen molar-refractivity contribution in [2.45, 2.75) is 13.8 Å². The van der Waals surface area contributed by atoms with Crippen LogP contribution in [0.5, 0.6) is 0 Å². The number of rotatable bonds is 8. The van der Waals surface area contributed by atoms with Gasteiger partial charge in [0.25, 0.3) is 11.4 Å². The Morgan fingerprint density at radius 1 is 1.08 bits per heavy atom. The molecule has 0 atom stereocenters. The van der Waals surface area contributed by atoms with Crippen molar-refractivity contribution in [3.8, 4) is 0 Å². The zero-order valence-corrected chi connectivity index (χ0v) is 14.0. The summed E-state index contributed by atoms with van der Waals surface area (Å²) in [4.78, 5) is 32.2. The Labute approximate surface area is 136 Å². The number of nitro benzene ring substituents is 2. The van der Waals surface area contributed by atoms with Crippen LogP contribution in [-0.2, 0) is 18.3 Å². The van der Waals surface area contributed by atoms with Gasteiger partial charge in [0.1, 0.15) is 0 Å². The highest BCUT2D eigenvalue weighted by Gasteiger charge is 2.43. The van der Waals surface area contributed by atoms with Gasteiger partial charge in [-0.1, -0.05) is 0 Å². The molecule has 24 heavy (non-hydrogen) atoms. The Balaban J connectivity index is 3.85. The molecule has 1 rings (SSSR count). The normalized spacial score (nSPS) is 11.1. The minimum absolute atomic E-state index is 0.162. The van der Waals surface area contributed by atoms with Gasteiger partial charge in [-0.3, -0.25) is 24.8 Å². The molecule has 0 fully saturated rings. The Kier molecular flexibility index (Phi) is 6.52. The number of hydrogen-bond acceptors (Lipinski definition) is 9. The van der Waals surface area contributed by atoms with E-state index in [1.54, 1.807) is 0 Å². The van der Waals surface area contributed by atoms with Crippen molar-refractivity contribution in [3.05, 3.63) is 37.9 Å². The fraction of sp³-hybridized carbons (Fsp3) is 0.417. The van der Waals surface area contributed by atoms with Crippen LogP contribution >= 0.6 is 7.60 Å². The summed E-state index contributed by atoms with van der Waals surface area (Å²) in [6.45, 7) is 2.58. The molecule has 0 spiro atoms. The van der Waals surface area contributed by atoms with Crippen molar-refractivity contribution in [2.24, 2.45) is 0 Å². The molecule has 11 nitrogen and oxygen atoms in total. The van der Waals surface area contributed by atoms with E-state index in [4.69, 9.17) is 9.05 Å². The minimum Gasteiger partial charge on any atom is -0.465 e. The van der Waals surface area contributed by atoms with Gasteiger partial charge in [-0.2, -0.15) is 0 Å². The van der Waals surface area contributed by atoms with Crippen molar-refractivity contribution in [1.82, 2.24) is 0 Å². The monoisotopic (exact) mass is 362 g/mol. The molecule has 0 amide bonds. The molecule has 0 aromatic heterocycles. The van der Waals surface area contributed by atoms with Crippen LogP contribution in [0.15, 0.2) is 12.1 Å². The molecule has 0 aliphatic carbocycles. The van der Waals surface area contributed by atoms with E-state index in [2.05, 4.69) is 4.74 Å². The minimum atomic E-state index is -4.35. The lowest BCUT2D eigenvalue weighted by atomic mass is 10.1. The van der Waals surface area contributed by atoms with E-state index in [9.17, 15) is 29.6 Å². The first-order valence-electron chi connectivity index (χ1n) is 6.66. The first-order valence-corrected chi connectivity index (χ1v) is 8.20. The van der Waals surface area contributed by atoms with E-state index >= 15 is 0 Å². The molecule has 0 unspecified atom stereocenters. The smallest absolute Gasteiger partial charge is 0.375 e. The maximum atomic E-state index is 12.8. The fourth-order valence-electron chi connectivity index (χ4n) is 1.91. The molecular formula is C12H15N2O9P. The molecule has 0 N–H and O–H groups in total. The average Bonchev–Trinajstić information content (AvgIpc) is 2.53. The molecule has 0 saturated carbocycles. The van der Waals surface area contributed by atoms with Crippen molar-refractivity contribution in [3.63, 3.8) is 0 Å². The molecule has 1 aromatic rings. The first kappa shape index (κ1) is 19.7. The van der Waals surface area contributed by atoms with E-state index in [1.165, 1.54) is 13.8 Å². The van der Waals surface area contributed by atoms with E-state index < -0.39 is 45.7 Å². The molecule has 0 saturated heterocycles. The summed E-state index contributed by atoms with van der Waals surface area (Å²) in [5.74, 6) is -1.02. The lowest BCUT2D eigenvalue weighted by molar-refractivity contribution is -0.391. The average molecular weight is 362 g/mol. The Hall–Kier alpha value is -2.36. The number of carbonyl (C=O) groups is 1. The zero-order chi connectivity index (χ0) is 18.5. The molecule has 0 heterocycles. The highest BCUT2D eigenvalue weighted by Crippen LogP contribution is 2.51. The highest BCUT2D eigenvalue weighted by molar-refractivity contribution is 7.62. The lowest BCUT2D eigenvalue weighted by Crippen LogP contribution is -2.20.